The van der Waals surface area contributed by atoms with Crippen LogP contribution >= 0.6 is 0 Å². The van der Waals surface area contributed by atoms with Crippen LogP contribution in [0.2, 0.25) is 0 Å². The van der Waals surface area contributed by atoms with Crippen LogP contribution in [0.4, 0.5) is 0 Å². The molecule has 0 saturated carbocycles. The van der Waals surface area contributed by atoms with E-state index in [-0.39, 0.29) is 5.91 Å². The number of hydrogen-bond acceptors (Lipinski definition) is 4. The van der Waals surface area contributed by atoms with Gasteiger partial charge in [-0.25, -0.2) is 0 Å². The maximum atomic E-state index is 12.0. The predicted octanol–water partition coefficient (Wildman–Crippen LogP) is 1.09. The first-order valence-electron chi connectivity index (χ1n) is 5.95. The molecule has 0 aliphatic carbocycles. The highest BCUT2D eigenvalue weighted by Gasteiger charge is 2.21. The molecule has 0 radical (unpaired) electrons. The van der Waals surface area contributed by atoms with Crippen LogP contribution < -0.4 is 0 Å². The van der Waals surface area contributed by atoms with Crippen LogP contribution in [0.5, 0.6) is 0 Å². The molecule has 1 amide bonds. The zero-order valence-corrected chi connectivity index (χ0v) is 10.2. The Morgan fingerprint density at radius 2 is 2.44 bits per heavy atom. The molecule has 1 aliphatic heterocycles. The third kappa shape index (κ3) is 1.79. The molecule has 0 unspecified atom stereocenters. The molecule has 1 aliphatic rings. The first-order valence-corrected chi connectivity index (χ1v) is 5.95. The number of furan rings is 1. The average Bonchev–Trinajstić information content (AvgIpc) is 3.06. The summed E-state index contributed by atoms with van der Waals surface area (Å²) in [6.07, 6.45) is 3.58. The van der Waals surface area contributed by atoms with Gasteiger partial charge >= 0.3 is 0 Å². The average molecular weight is 246 g/mol. The van der Waals surface area contributed by atoms with Gasteiger partial charge in [-0.1, -0.05) is 0 Å². The lowest BCUT2D eigenvalue weighted by Crippen LogP contribution is -2.27. The predicted molar refractivity (Wildman–Crippen MR) is 62.8 cm³/mol. The minimum absolute atomic E-state index is 0.143. The number of amides is 1. The van der Waals surface area contributed by atoms with Crippen molar-refractivity contribution in [3.05, 3.63) is 35.8 Å². The van der Waals surface area contributed by atoms with E-state index in [1.807, 2.05) is 0 Å². The second kappa shape index (κ2) is 4.29. The molecule has 0 bridgehead atoms. The van der Waals surface area contributed by atoms with Gasteiger partial charge in [0.2, 0.25) is 0 Å². The highest BCUT2D eigenvalue weighted by molar-refractivity contribution is 5.91. The van der Waals surface area contributed by atoms with Crippen LogP contribution in [0.1, 0.15) is 28.6 Å². The minimum Gasteiger partial charge on any atom is -0.459 e. The topological polar surface area (TPSA) is 64.2 Å². The molecule has 18 heavy (non-hydrogen) atoms. The fraction of sp³-hybridized carbons (Fsp3) is 0.417. The molecule has 0 fully saturated rings. The molecule has 0 spiro atoms. The maximum Gasteiger partial charge on any atom is 0.289 e. The standard InChI is InChI=1S/C12H14N4O2/c1-15(12(17)9-4-3-7-18-9)8-11-14-13-10-5-2-6-16(10)11/h3-4,7H,2,5-6,8H2,1H3. The molecule has 0 atom stereocenters. The van der Waals surface area contributed by atoms with Crippen LogP contribution in [-0.4, -0.2) is 32.6 Å². The molecule has 3 heterocycles. The van der Waals surface area contributed by atoms with Crippen molar-refractivity contribution in [2.45, 2.75) is 25.9 Å². The smallest absolute Gasteiger partial charge is 0.289 e. The number of rotatable bonds is 3. The van der Waals surface area contributed by atoms with E-state index >= 15 is 0 Å². The molecule has 6 heteroatoms. The summed E-state index contributed by atoms with van der Waals surface area (Å²) in [6, 6.07) is 3.36. The Labute approximate surface area is 104 Å². The Hall–Kier alpha value is -2.11. The van der Waals surface area contributed by atoms with E-state index in [9.17, 15) is 4.79 Å². The molecule has 0 aromatic carbocycles. The van der Waals surface area contributed by atoms with E-state index in [1.165, 1.54) is 6.26 Å². The van der Waals surface area contributed by atoms with Gasteiger partial charge in [0.1, 0.15) is 5.82 Å². The summed E-state index contributed by atoms with van der Waals surface area (Å²) >= 11 is 0. The highest BCUT2D eigenvalue weighted by atomic mass is 16.3. The summed E-state index contributed by atoms with van der Waals surface area (Å²) in [7, 11) is 1.74. The lowest BCUT2D eigenvalue weighted by Gasteiger charge is -2.15. The van der Waals surface area contributed by atoms with Gasteiger partial charge in [0, 0.05) is 20.0 Å². The third-order valence-corrected chi connectivity index (χ3v) is 3.14. The largest absolute Gasteiger partial charge is 0.459 e. The molecule has 0 N–H and O–H groups in total. The van der Waals surface area contributed by atoms with Crippen LogP contribution in [0.25, 0.3) is 0 Å². The number of carbonyl (C=O) groups excluding carboxylic acids is 1. The van der Waals surface area contributed by atoms with Crippen molar-refractivity contribution >= 4 is 5.91 Å². The van der Waals surface area contributed by atoms with E-state index < -0.39 is 0 Å². The lowest BCUT2D eigenvalue weighted by atomic mass is 10.4. The number of nitrogens with zero attached hydrogens (tertiary/aromatic N) is 4. The van der Waals surface area contributed by atoms with Gasteiger partial charge in [-0.15, -0.1) is 10.2 Å². The number of fused-ring (bicyclic) bond motifs is 1. The van der Waals surface area contributed by atoms with Gasteiger partial charge in [-0.2, -0.15) is 0 Å². The molecular formula is C12H14N4O2. The lowest BCUT2D eigenvalue weighted by molar-refractivity contribution is 0.0748. The zero-order chi connectivity index (χ0) is 12.5. The fourth-order valence-electron chi connectivity index (χ4n) is 2.20. The Morgan fingerprint density at radius 1 is 1.56 bits per heavy atom. The van der Waals surface area contributed by atoms with Gasteiger partial charge in [0.25, 0.3) is 5.91 Å². The van der Waals surface area contributed by atoms with Gasteiger partial charge < -0.3 is 13.9 Å². The van der Waals surface area contributed by atoms with E-state index in [2.05, 4.69) is 14.8 Å². The molecule has 6 nitrogen and oxygen atoms in total. The second-order valence-electron chi connectivity index (χ2n) is 4.43. The molecular weight excluding hydrogens is 232 g/mol. The van der Waals surface area contributed by atoms with E-state index in [0.717, 1.165) is 31.0 Å². The van der Waals surface area contributed by atoms with Crippen molar-refractivity contribution in [2.75, 3.05) is 7.05 Å². The summed E-state index contributed by atoms with van der Waals surface area (Å²) < 4.78 is 7.18. The van der Waals surface area contributed by atoms with E-state index in [1.54, 1.807) is 24.1 Å². The van der Waals surface area contributed by atoms with Crippen molar-refractivity contribution in [2.24, 2.45) is 0 Å². The van der Waals surface area contributed by atoms with Crippen molar-refractivity contribution in [1.82, 2.24) is 19.7 Å². The molecule has 3 rings (SSSR count). The Bertz CT molecular complexity index is 559. The minimum atomic E-state index is -0.143. The van der Waals surface area contributed by atoms with Crippen molar-refractivity contribution < 1.29 is 9.21 Å². The Kier molecular flexibility index (Phi) is 2.62. The van der Waals surface area contributed by atoms with Crippen molar-refractivity contribution in [1.29, 1.82) is 0 Å². The highest BCUT2D eigenvalue weighted by Crippen LogP contribution is 2.15. The summed E-state index contributed by atoms with van der Waals surface area (Å²) in [5.74, 6) is 2.06. The van der Waals surface area contributed by atoms with Crippen molar-refractivity contribution in [3.63, 3.8) is 0 Å². The van der Waals surface area contributed by atoms with E-state index in [4.69, 9.17) is 4.42 Å². The maximum absolute atomic E-state index is 12.0. The fourth-order valence-corrected chi connectivity index (χ4v) is 2.20. The van der Waals surface area contributed by atoms with Gasteiger partial charge in [0.05, 0.1) is 12.8 Å². The molecule has 94 valence electrons. The molecule has 2 aromatic heterocycles. The van der Waals surface area contributed by atoms with Crippen LogP contribution in [0, 0.1) is 0 Å². The Balaban J connectivity index is 1.74. The second-order valence-corrected chi connectivity index (χ2v) is 4.43. The first-order chi connectivity index (χ1) is 8.75. The number of aryl methyl sites for hydroxylation is 1. The van der Waals surface area contributed by atoms with Gasteiger partial charge in [-0.3, -0.25) is 4.79 Å². The summed E-state index contributed by atoms with van der Waals surface area (Å²) in [5, 5.41) is 8.25. The Morgan fingerprint density at radius 3 is 3.22 bits per heavy atom. The number of carbonyl (C=O) groups is 1. The van der Waals surface area contributed by atoms with E-state index in [0.29, 0.717) is 12.3 Å². The molecule has 2 aromatic rings. The van der Waals surface area contributed by atoms with Crippen molar-refractivity contribution in [3.8, 4) is 0 Å². The monoisotopic (exact) mass is 246 g/mol. The van der Waals surface area contributed by atoms with Crippen LogP contribution in [-0.2, 0) is 19.5 Å². The summed E-state index contributed by atoms with van der Waals surface area (Å²) in [4.78, 5) is 13.6. The first kappa shape index (κ1) is 11.0. The summed E-state index contributed by atoms with van der Waals surface area (Å²) in [6.45, 7) is 1.40. The third-order valence-electron chi connectivity index (χ3n) is 3.14. The SMILES string of the molecule is CN(Cc1nnc2n1CCC2)C(=O)c1ccco1. The van der Waals surface area contributed by atoms with Gasteiger partial charge in [0.15, 0.2) is 11.6 Å². The van der Waals surface area contributed by atoms with Crippen LogP contribution in [0.3, 0.4) is 0 Å². The molecule has 0 saturated heterocycles. The number of aromatic nitrogens is 3. The van der Waals surface area contributed by atoms with Crippen LogP contribution in [0.15, 0.2) is 22.8 Å². The normalized spacial score (nSPS) is 13.6. The quantitative estimate of drug-likeness (QED) is 0.813. The zero-order valence-electron chi connectivity index (χ0n) is 10.2. The summed E-state index contributed by atoms with van der Waals surface area (Å²) in [5.41, 5.74) is 0. The van der Waals surface area contributed by atoms with Gasteiger partial charge in [-0.05, 0) is 18.6 Å². The number of hydrogen-bond donors (Lipinski definition) is 0.